The van der Waals surface area contributed by atoms with Crippen molar-refractivity contribution in [2.75, 3.05) is 18.5 Å². The number of benzene rings is 1. The lowest BCUT2D eigenvalue weighted by molar-refractivity contribution is -0.122. The van der Waals surface area contributed by atoms with Crippen LogP contribution >= 0.6 is 24.0 Å². The van der Waals surface area contributed by atoms with Crippen LogP contribution in [-0.4, -0.2) is 43.8 Å². The van der Waals surface area contributed by atoms with E-state index in [2.05, 4.69) is 10.3 Å². The third kappa shape index (κ3) is 4.61. The van der Waals surface area contributed by atoms with Crippen LogP contribution in [0.3, 0.4) is 0 Å². The Hall–Kier alpha value is -3.08. The zero-order chi connectivity index (χ0) is 23.7. The van der Waals surface area contributed by atoms with E-state index >= 15 is 0 Å². The smallest absolute Gasteiger partial charge is 0.267 e. The van der Waals surface area contributed by atoms with Crippen LogP contribution in [0.2, 0.25) is 0 Å². The Labute approximate surface area is 204 Å². The molecule has 174 valence electrons. The van der Waals surface area contributed by atoms with Gasteiger partial charge in [-0.05, 0) is 48.7 Å². The highest BCUT2D eigenvalue weighted by Crippen LogP contribution is 2.34. The molecule has 1 unspecified atom stereocenters. The minimum Gasteiger partial charge on any atom is -0.376 e. The first kappa shape index (κ1) is 22.7. The van der Waals surface area contributed by atoms with Gasteiger partial charge in [0.1, 0.15) is 21.6 Å². The minimum atomic E-state index is -0.346. The first-order chi connectivity index (χ1) is 16.5. The second-order valence-corrected chi connectivity index (χ2v) is 9.69. The van der Waals surface area contributed by atoms with Gasteiger partial charge in [0, 0.05) is 19.3 Å². The van der Waals surface area contributed by atoms with Gasteiger partial charge >= 0.3 is 0 Å². The molecule has 0 aliphatic carbocycles. The van der Waals surface area contributed by atoms with Gasteiger partial charge in [0.2, 0.25) is 0 Å². The van der Waals surface area contributed by atoms with Gasteiger partial charge in [-0.3, -0.25) is 18.9 Å². The Bertz CT molecular complexity index is 1350. The van der Waals surface area contributed by atoms with Crippen LogP contribution in [0.1, 0.15) is 24.0 Å². The Balaban J connectivity index is 1.48. The number of thiocarbonyl (C=S) groups is 1. The zero-order valence-corrected chi connectivity index (χ0v) is 19.7. The fraction of sp³-hybridized carbons (Fsp3) is 0.250. The summed E-state index contributed by atoms with van der Waals surface area (Å²) in [5.41, 5.74) is 1.25. The van der Waals surface area contributed by atoms with Gasteiger partial charge in [-0.15, -0.1) is 0 Å². The van der Waals surface area contributed by atoms with Crippen molar-refractivity contribution in [1.29, 1.82) is 0 Å². The number of fused-ring (bicyclic) bond motifs is 1. The van der Waals surface area contributed by atoms with Crippen molar-refractivity contribution in [1.82, 2.24) is 14.3 Å². The highest BCUT2D eigenvalue weighted by Gasteiger charge is 2.32. The SMILES string of the molecule is O=C1/C(=C\c2c(NCC3CCCO3)nc3ccccn3c2=O)SC(=S)N1Cc1ccc(F)cc1. The number of nitrogens with zero attached hydrogens (tertiary/aromatic N) is 3. The predicted octanol–water partition coefficient (Wildman–Crippen LogP) is 3.83. The monoisotopic (exact) mass is 496 g/mol. The Kier molecular flexibility index (Phi) is 6.44. The lowest BCUT2D eigenvalue weighted by Gasteiger charge is -2.15. The summed E-state index contributed by atoms with van der Waals surface area (Å²) in [4.78, 5) is 32.9. The normalized spacial score (nSPS) is 19.5. The molecular weight excluding hydrogens is 475 g/mol. The maximum atomic E-state index is 13.3. The number of carbonyl (C=O) groups is 1. The summed E-state index contributed by atoms with van der Waals surface area (Å²) in [5.74, 6) is -0.251. The van der Waals surface area contributed by atoms with E-state index in [-0.39, 0.29) is 35.5 Å². The summed E-state index contributed by atoms with van der Waals surface area (Å²) in [5, 5.41) is 3.25. The van der Waals surface area contributed by atoms with Gasteiger partial charge in [0.25, 0.3) is 11.5 Å². The number of pyridine rings is 1. The fourth-order valence-corrected chi connectivity index (χ4v) is 5.16. The van der Waals surface area contributed by atoms with E-state index < -0.39 is 0 Å². The van der Waals surface area contributed by atoms with Crippen molar-refractivity contribution in [2.45, 2.75) is 25.5 Å². The molecule has 0 bridgehead atoms. The molecule has 1 aromatic carbocycles. The van der Waals surface area contributed by atoms with Crippen molar-refractivity contribution in [2.24, 2.45) is 0 Å². The number of carbonyl (C=O) groups excluding carboxylic acids is 1. The van der Waals surface area contributed by atoms with Gasteiger partial charge in [-0.25, -0.2) is 9.37 Å². The Morgan fingerprint density at radius 1 is 1.24 bits per heavy atom. The van der Waals surface area contributed by atoms with E-state index in [1.54, 1.807) is 36.5 Å². The number of hydrogen-bond donors (Lipinski definition) is 1. The van der Waals surface area contributed by atoms with Crippen LogP contribution in [-0.2, 0) is 16.1 Å². The van der Waals surface area contributed by atoms with Gasteiger partial charge in [-0.2, -0.15) is 0 Å². The van der Waals surface area contributed by atoms with Crippen LogP contribution in [0, 0.1) is 5.82 Å². The van der Waals surface area contributed by atoms with Crippen molar-refractivity contribution >= 4 is 51.7 Å². The molecule has 0 saturated carbocycles. The summed E-state index contributed by atoms with van der Waals surface area (Å²) in [7, 11) is 0. The van der Waals surface area contributed by atoms with Crippen molar-refractivity contribution in [3.8, 4) is 0 Å². The number of hydrogen-bond acceptors (Lipinski definition) is 7. The third-order valence-electron chi connectivity index (χ3n) is 5.69. The molecule has 2 fully saturated rings. The van der Waals surface area contributed by atoms with Gasteiger partial charge in [-0.1, -0.05) is 42.2 Å². The summed E-state index contributed by atoms with van der Waals surface area (Å²) < 4.78 is 20.7. The molecule has 1 N–H and O–H groups in total. The lowest BCUT2D eigenvalue weighted by Crippen LogP contribution is -2.27. The number of anilines is 1. The summed E-state index contributed by atoms with van der Waals surface area (Å²) in [6, 6.07) is 11.2. The number of rotatable bonds is 6. The second kappa shape index (κ2) is 9.65. The number of nitrogens with one attached hydrogen (secondary N) is 1. The minimum absolute atomic E-state index is 0.0535. The molecule has 0 radical (unpaired) electrons. The number of ether oxygens (including phenoxy) is 1. The highest BCUT2D eigenvalue weighted by atomic mass is 32.2. The van der Waals surface area contributed by atoms with Crippen LogP contribution in [0.4, 0.5) is 10.2 Å². The molecule has 1 atom stereocenters. The quantitative estimate of drug-likeness (QED) is 0.411. The Morgan fingerprint density at radius 3 is 2.82 bits per heavy atom. The van der Waals surface area contributed by atoms with Crippen molar-refractivity contribution in [3.05, 3.63) is 80.9 Å². The first-order valence-corrected chi connectivity index (χ1v) is 12.1. The summed E-state index contributed by atoms with van der Waals surface area (Å²) in [6.45, 7) is 1.46. The predicted molar refractivity (Wildman–Crippen MR) is 134 cm³/mol. The van der Waals surface area contributed by atoms with E-state index in [1.807, 2.05) is 6.07 Å². The molecule has 2 aliphatic rings. The van der Waals surface area contributed by atoms with Gasteiger partial charge in [0.15, 0.2) is 0 Å². The third-order valence-corrected chi connectivity index (χ3v) is 7.07. The summed E-state index contributed by atoms with van der Waals surface area (Å²) >= 11 is 6.56. The van der Waals surface area contributed by atoms with Crippen LogP contribution in [0.15, 0.2) is 58.4 Å². The van der Waals surface area contributed by atoms with Crippen LogP contribution < -0.4 is 10.9 Å². The molecular formula is C24H21FN4O3S2. The Morgan fingerprint density at radius 2 is 2.06 bits per heavy atom. The molecule has 2 aliphatic heterocycles. The second-order valence-electron chi connectivity index (χ2n) is 8.02. The molecule has 4 heterocycles. The molecule has 10 heteroatoms. The van der Waals surface area contributed by atoms with Crippen molar-refractivity contribution in [3.63, 3.8) is 0 Å². The first-order valence-electron chi connectivity index (χ1n) is 10.9. The lowest BCUT2D eigenvalue weighted by atomic mass is 10.2. The average Bonchev–Trinajstić information content (AvgIpc) is 3.45. The fourth-order valence-electron chi connectivity index (χ4n) is 3.92. The van der Waals surface area contributed by atoms with Crippen molar-refractivity contribution < 1.29 is 13.9 Å². The standard InChI is InChI=1S/C24H21FN4O3S2/c25-16-8-6-15(7-9-16)14-29-23(31)19(34-24(29)33)12-18-21(26-13-17-4-3-11-32-17)27-20-5-1-2-10-28(20)22(18)30/h1-2,5-10,12,17,26H,3-4,11,13-14H2/b19-12+. The average molecular weight is 497 g/mol. The zero-order valence-electron chi connectivity index (χ0n) is 18.1. The molecule has 2 saturated heterocycles. The van der Waals surface area contributed by atoms with Crippen LogP contribution in [0.25, 0.3) is 11.7 Å². The topological polar surface area (TPSA) is 75.9 Å². The van der Waals surface area contributed by atoms with E-state index in [4.69, 9.17) is 17.0 Å². The van der Waals surface area contributed by atoms with Crippen LogP contribution in [0.5, 0.6) is 0 Å². The van der Waals surface area contributed by atoms with Gasteiger partial charge < -0.3 is 10.1 Å². The maximum Gasteiger partial charge on any atom is 0.267 e. The van der Waals surface area contributed by atoms with E-state index in [0.717, 1.165) is 36.8 Å². The van der Waals surface area contributed by atoms with E-state index in [1.165, 1.54) is 21.4 Å². The molecule has 3 aromatic rings. The molecule has 2 aromatic heterocycles. The highest BCUT2D eigenvalue weighted by molar-refractivity contribution is 8.26. The summed E-state index contributed by atoms with van der Waals surface area (Å²) in [6.07, 6.45) is 5.20. The maximum absolute atomic E-state index is 13.3. The van der Waals surface area contributed by atoms with E-state index in [0.29, 0.717) is 27.2 Å². The number of aromatic nitrogens is 2. The molecule has 34 heavy (non-hydrogen) atoms. The largest absolute Gasteiger partial charge is 0.376 e. The molecule has 0 spiro atoms. The molecule has 1 amide bonds. The number of thioether (sulfide) groups is 1. The molecule has 7 nitrogen and oxygen atoms in total. The van der Waals surface area contributed by atoms with Gasteiger partial charge in [0.05, 0.1) is 23.1 Å². The van der Waals surface area contributed by atoms with E-state index in [9.17, 15) is 14.0 Å². The number of amides is 1. The molecule has 5 rings (SSSR count). The number of halogens is 1.